The maximum absolute atomic E-state index is 10.0. The van der Waals surface area contributed by atoms with Crippen LogP contribution in [0.2, 0.25) is 0 Å². The van der Waals surface area contributed by atoms with Gasteiger partial charge in [-0.25, -0.2) is 0 Å². The summed E-state index contributed by atoms with van der Waals surface area (Å²) >= 11 is 0. The Morgan fingerprint density at radius 2 is 1.40 bits per heavy atom. The van der Waals surface area contributed by atoms with Gasteiger partial charge in [0, 0.05) is 0 Å². The number of hydrogen-bond donors (Lipinski definition) is 2. The molecule has 0 aliphatic carbocycles. The quantitative estimate of drug-likeness (QED) is 0.329. The SMILES string of the molecule is CCCCCCCCCCCCCCCC=CC1=NCC(O)(CC)N1. The normalized spacial score (nSPS) is 20.2. The minimum atomic E-state index is -0.810. The number of aliphatic imine (C=N–C) groups is 1. The van der Waals surface area contributed by atoms with Crippen molar-refractivity contribution in [1.82, 2.24) is 5.32 Å². The topological polar surface area (TPSA) is 44.6 Å². The number of aliphatic hydroxyl groups is 1. The first-order valence-electron chi connectivity index (χ1n) is 10.9. The molecule has 1 rings (SSSR count). The summed E-state index contributed by atoms with van der Waals surface area (Å²) in [6, 6.07) is 0. The highest BCUT2D eigenvalue weighted by molar-refractivity contribution is 5.94. The van der Waals surface area contributed by atoms with Crippen LogP contribution in [0.25, 0.3) is 0 Å². The van der Waals surface area contributed by atoms with Gasteiger partial charge < -0.3 is 10.4 Å². The largest absolute Gasteiger partial charge is 0.369 e. The molecule has 1 heterocycles. The van der Waals surface area contributed by atoms with E-state index in [2.05, 4.69) is 23.3 Å². The van der Waals surface area contributed by atoms with Gasteiger partial charge in [-0.3, -0.25) is 4.99 Å². The lowest BCUT2D eigenvalue weighted by Crippen LogP contribution is -2.44. The van der Waals surface area contributed by atoms with Crippen molar-refractivity contribution in [2.24, 2.45) is 4.99 Å². The number of amidine groups is 1. The van der Waals surface area contributed by atoms with E-state index in [1.165, 1.54) is 83.5 Å². The summed E-state index contributed by atoms with van der Waals surface area (Å²) in [5.41, 5.74) is -0.810. The van der Waals surface area contributed by atoms with Crippen molar-refractivity contribution in [2.75, 3.05) is 6.54 Å². The minimum Gasteiger partial charge on any atom is -0.369 e. The van der Waals surface area contributed by atoms with Crippen LogP contribution in [0.3, 0.4) is 0 Å². The zero-order valence-electron chi connectivity index (χ0n) is 16.9. The highest BCUT2D eigenvalue weighted by atomic mass is 16.3. The summed E-state index contributed by atoms with van der Waals surface area (Å²) in [7, 11) is 0. The summed E-state index contributed by atoms with van der Waals surface area (Å²) < 4.78 is 0. The van der Waals surface area contributed by atoms with Crippen LogP contribution in [0.1, 0.15) is 110 Å². The van der Waals surface area contributed by atoms with E-state index in [1.807, 2.05) is 13.0 Å². The molecule has 1 unspecified atom stereocenters. The molecule has 0 bridgehead atoms. The monoisotopic (exact) mass is 350 g/mol. The van der Waals surface area contributed by atoms with Gasteiger partial charge in [0.15, 0.2) is 5.72 Å². The highest BCUT2D eigenvalue weighted by Crippen LogP contribution is 2.14. The Labute approximate surface area is 156 Å². The summed E-state index contributed by atoms with van der Waals surface area (Å²) in [4.78, 5) is 4.33. The first-order chi connectivity index (χ1) is 12.2. The Balaban J connectivity index is 1.81. The van der Waals surface area contributed by atoms with E-state index in [1.54, 1.807) is 0 Å². The third-order valence-electron chi connectivity index (χ3n) is 5.21. The van der Waals surface area contributed by atoms with E-state index < -0.39 is 5.72 Å². The number of nitrogens with one attached hydrogen (secondary N) is 1. The van der Waals surface area contributed by atoms with Crippen LogP contribution in [0.15, 0.2) is 17.1 Å². The van der Waals surface area contributed by atoms with Crippen molar-refractivity contribution in [3.05, 3.63) is 12.2 Å². The van der Waals surface area contributed by atoms with E-state index in [0.717, 1.165) is 12.3 Å². The maximum Gasteiger partial charge on any atom is 0.156 e. The van der Waals surface area contributed by atoms with Crippen LogP contribution < -0.4 is 5.32 Å². The first-order valence-corrected chi connectivity index (χ1v) is 10.9. The molecule has 0 fully saturated rings. The van der Waals surface area contributed by atoms with E-state index in [-0.39, 0.29) is 0 Å². The Morgan fingerprint density at radius 3 is 1.88 bits per heavy atom. The van der Waals surface area contributed by atoms with Crippen LogP contribution >= 0.6 is 0 Å². The van der Waals surface area contributed by atoms with Crippen LogP contribution in [0.4, 0.5) is 0 Å². The standard InChI is InChI=1S/C22H42N2O/c1-3-5-6-7-8-9-10-11-12-13-14-15-16-17-18-19-21-23-20-22(25,4-2)24-21/h18-19,25H,3-17,20H2,1-2H3,(H,23,24). The molecule has 146 valence electrons. The molecule has 1 aliphatic heterocycles. The molecular formula is C22H42N2O. The van der Waals surface area contributed by atoms with Crippen LogP contribution in [0, 0.1) is 0 Å². The van der Waals surface area contributed by atoms with Crippen molar-refractivity contribution >= 4 is 5.84 Å². The fourth-order valence-corrected chi connectivity index (χ4v) is 3.30. The predicted octanol–water partition coefficient (Wildman–Crippen LogP) is 6.12. The summed E-state index contributed by atoms with van der Waals surface area (Å²) in [6.45, 7) is 4.73. The zero-order chi connectivity index (χ0) is 18.2. The van der Waals surface area contributed by atoms with Gasteiger partial charge in [0.2, 0.25) is 0 Å². The molecule has 3 nitrogen and oxygen atoms in total. The zero-order valence-corrected chi connectivity index (χ0v) is 16.9. The predicted molar refractivity (Wildman–Crippen MR) is 110 cm³/mol. The second-order valence-corrected chi connectivity index (χ2v) is 7.65. The second kappa shape index (κ2) is 14.4. The van der Waals surface area contributed by atoms with Gasteiger partial charge >= 0.3 is 0 Å². The van der Waals surface area contributed by atoms with E-state index in [9.17, 15) is 5.11 Å². The lowest BCUT2D eigenvalue weighted by Gasteiger charge is -2.20. The van der Waals surface area contributed by atoms with Gasteiger partial charge in [-0.15, -0.1) is 0 Å². The molecule has 0 saturated carbocycles. The van der Waals surface area contributed by atoms with Gasteiger partial charge in [0.25, 0.3) is 0 Å². The molecule has 0 amide bonds. The van der Waals surface area contributed by atoms with E-state index >= 15 is 0 Å². The highest BCUT2D eigenvalue weighted by Gasteiger charge is 2.29. The Morgan fingerprint density at radius 1 is 0.880 bits per heavy atom. The molecule has 0 aromatic carbocycles. The van der Waals surface area contributed by atoms with Crippen LogP contribution in [0.5, 0.6) is 0 Å². The molecule has 0 spiro atoms. The van der Waals surface area contributed by atoms with Gasteiger partial charge in [-0.05, 0) is 25.3 Å². The van der Waals surface area contributed by atoms with Crippen molar-refractivity contribution in [2.45, 2.75) is 116 Å². The summed E-state index contributed by atoms with van der Waals surface area (Å²) in [5, 5.41) is 13.1. The molecular weight excluding hydrogens is 308 g/mol. The van der Waals surface area contributed by atoms with Crippen LogP contribution in [-0.2, 0) is 0 Å². The minimum absolute atomic E-state index is 0.474. The van der Waals surface area contributed by atoms with Crippen molar-refractivity contribution in [3.8, 4) is 0 Å². The lowest BCUT2D eigenvalue weighted by atomic mass is 10.0. The first kappa shape index (κ1) is 22.2. The maximum atomic E-state index is 10.0. The van der Waals surface area contributed by atoms with Crippen molar-refractivity contribution in [1.29, 1.82) is 0 Å². The third-order valence-corrected chi connectivity index (χ3v) is 5.21. The fourth-order valence-electron chi connectivity index (χ4n) is 3.30. The second-order valence-electron chi connectivity index (χ2n) is 7.65. The van der Waals surface area contributed by atoms with Crippen molar-refractivity contribution in [3.63, 3.8) is 0 Å². The number of allylic oxidation sites excluding steroid dienone is 1. The van der Waals surface area contributed by atoms with E-state index in [4.69, 9.17) is 0 Å². The van der Waals surface area contributed by atoms with E-state index in [0.29, 0.717) is 13.0 Å². The molecule has 3 heteroatoms. The van der Waals surface area contributed by atoms with Crippen molar-refractivity contribution < 1.29 is 5.11 Å². The Bertz CT molecular complexity index is 378. The molecule has 0 aromatic rings. The molecule has 1 aliphatic rings. The molecule has 0 saturated heterocycles. The average Bonchev–Trinajstić information content (AvgIpc) is 3.00. The molecule has 0 radical (unpaired) electrons. The number of nitrogens with zero attached hydrogens (tertiary/aromatic N) is 1. The summed E-state index contributed by atoms with van der Waals surface area (Å²) in [5.74, 6) is 0.832. The smallest absolute Gasteiger partial charge is 0.156 e. The average molecular weight is 351 g/mol. The number of rotatable bonds is 16. The van der Waals surface area contributed by atoms with Crippen LogP contribution in [-0.4, -0.2) is 23.2 Å². The molecule has 2 N–H and O–H groups in total. The number of unbranched alkanes of at least 4 members (excludes halogenated alkanes) is 13. The molecule has 0 aromatic heterocycles. The number of hydrogen-bond acceptors (Lipinski definition) is 3. The van der Waals surface area contributed by atoms with Gasteiger partial charge in [0.1, 0.15) is 5.84 Å². The Hall–Kier alpha value is -0.830. The van der Waals surface area contributed by atoms with Gasteiger partial charge in [-0.2, -0.15) is 0 Å². The van der Waals surface area contributed by atoms with Gasteiger partial charge in [0.05, 0.1) is 6.54 Å². The lowest BCUT2D eigenvalue weighted by molar-refractivity contribution is 0.0397. The molecule has 1 atom stereocenters. The third kappa shape index (κ3) is 11.4. The molecule has 25 heavy (non-hydrogen) atoms. The Kier molecular flexibility index (Phi) is 12.8. The fraction of sp³-hybridized carbons (Fsp3) is 0.864. The van der Waals surface area contributed by atoms with Gasteiger partial charge in [-0.1, -0.05) is 97.0 Å². The summed E-state index contributed by atoms with van der Waals surface area (Å²) in [6.07, 6.45) is 24.2.